The van der Waals surface area contributed by atoms with Crippen LogP contribution in [-0.2, 0) is 4.79 Å². The van der Waals surface area contributed by atoms with Crippen molar-refractivity contribution in [3.05, 3.63) is 53.1 Å². The molecule has 1 aromatic carbocycles. The maximum atomic E-state index is 14.4. The number of hydrogen-bond donors (Lipinski definition) is 1. The Morgan fingerprint density at radius 2 is 1.53 bits per heavy atom. The van der Waals surface area contributed by atoms with E-state index in [-0.39, 0.29) is 11.5 Å². The molecule has 0 bridgehead atoms. The maximum Gasteiger partial charge on any atom is 0.136 e. The highest BCUT2D eigenvalue weighted by Gasteiger charge is 2.35. The van der Waals surface area contributed by atoms with Gasteiger partial charge in [-0.2, -0.15) is 0 Å². The van der Waals surface area contributed by atoms with Crippen LogP contribution in [0.15, 0.2) is 29.4 Å². The average molecular weight is 476 g/mol. The lowest BCUT2D eigenvalue weighted by Gasteiger charge is -2.33. The van der Waals surface area contributed by atoms with Crippen LogP contribution >= 0.6 is 0 Å². The molecule has 2 heterocycles. The molecule has 4 rings (SSSR count). The number of carbonyl (C=O) groups excluding carboxylic acids is 1. The summed E-state index contributed by atoms with van der Waals surface area (Å²) in [7, 11) is 1.50. The Morgan fingerprint density at radius 1 is 1.00 bits per heavy atom. The topological polar surface area (TPSA) is 68.3 Å². The Kier molecular flexibility index (Phi) is 14.4. The van der Waals surface area contributed by atoms with Crippen molar-refractivity contribution in [2.45, 2.75) is 52.9 Å². The van der Waals surface area contributed by atoms with E-state index in [1.165, 1.54) is 25.6 Å². The van der Waals surface area contributed by atoms with Crippen LogP contribution < -0.4 is 5.73 Å². The smallest absolute Gasteiger partial charge is 0.136 e. The first-order valence-corrected chi connectivity index (χ1v) is 11.3. The lowest BCUT2D eigenvalue weighted by atomic mass is 9.72. The largest absolute Gasteiger partial charge is 0.333 e. The third-order valence-electron chi connectivity index (χ3n) is 5.53. The number of aliphatic imine (C=N–C) groups is 1. The van der Waals surface area contributed by atoms with Gasteiger partial charge in [0, 0.05) is 42.1 Å². The van der Waals surface area contributed by atoms with Crippen LogP contribution in [0.25, 0.3) is 11.1 Å². The fraction of sp³-hybridized carbons (Fsp3) is 0.444. The Hall–Kier alpha value is -2.98. The quantitative estimate of drug-likeness (QED) is 0.544. The first-order valence-electron chi connectivity index (χ1n) is 11.3. The lowest BCUT2D eigenvalue weighted by molar-refractivity contribution is -0.0980. The highest BCUT2D eigenvalue weighted by atomic mass is 19.1. The first kappa shape index (κ1) is 31.0. The second-order valence-electron chi connectivity index (χ2n) is 7.70. The normalized spacial score (nSPS) is 19.7. The van der Waals surface area contributed by atoms with Crippen molar-refractivity contribution in [2.75, 3.05) is 13.6 Å². The van der Waals surface area contributed by atoms with Crippen molar-refractivity contribution in [2.24, 2.45) is 22.6 Å². The third-order valence-corrected chi connectivity index (χ3v) is 5.53. The SMILES string of the molecule is C#C.C=O.CC.CN.Cc1cnc(C2CN=C(C3CC(C)C3)C2)c(-c2c(F)cc(F)cc2F)c1. The molecule has 1 atom stereocenters. The number of aryl methyl sites for hydroxylation is 1. The molecule has 2 N–H and O–H groups in total. The van der Waals surface area contributed by atoms with Crippen LogP contribution in [-0.4, -0.2) is 31.1 Å². The van der Waals surface area contributed by atoms with Crippen molar-refractivity contribution in [3.63, 3.8) is 0 Å². The molecule has 0 amide bonds. The van der Waals surface area contributed by atoms with E-state index < -0.39 is 17.5 Å². The molecule has 1 aliphatic heterocycles. The van der Waals surface area contributed by atoms with E-state index in [1.54, 1.807) is 12.3 Å². The van der Waals surface area contributed by atoms with Gasteiger partial charge in [-0.25, -0.2) is 13.2 Å². The summed E-state index contributed by atoms with van der Waals surface area (Å²) in [5.41, 5.74) is 7.36. The van der Waals surface area contributed by atoms with Crippen LogP contribution in [0.2, 0.25) is 0 Å². The second kappa shape index (κ2) is 15.8. The van der Waals surface area contributed by atoms with E-state index >= 15 is 0 Å². The summed E-state index contributed by atoms with van der Waals surface area (Å²) >= 11 is 0. The average Bonchev–Trinajstić information content (AvgIpc) is 3.31. The molecule has 1 aromatic heterocycles. The first-order chi connectivity index (χ1) is 16.4. The number of nitrogens with zero attached hydrogens (tertiary/aromatic N) is 2. The van der Waals surface area contributed by atoms with Gasteiger partial charge < -0.3 is 10.5 Å². The number of aromatic nitrogens is 1. The summed E-state index contributed by atoms with van der Waals surface area (Å²) < 4.78 is 42.0. The summed E-state index contributed by atoms with van der Waals surface area (Å²) in [6.45, 7) is 10.7. The number of hydrogen-bond acceptors (Lipinski definition) is 4. The molecule has 34 heavy (non-hydrogen) atoms. The fourth-order valence-corrected chi connectivity index (χ4v) is 4.17. The van der Waals surface area contributed by atoms with Gasteiger partial charge in [0.2, 0.25) is 0 Å². The van der Waals surface area contributed by atoms with Gasteiger partial charge in [-0.15, -0.1) is 12.8 Å². The Balaban J connectivity index is 0.00000124. The minimum Gasteiger partial charge on any atom is -0.333 e. The Labute approximate surface area is 201 Å². The number of terminal acetylenes is 1. The molecule has 1 unspecified atom stereocenters. The Bertz CT molecular complexity index is 930. The predicted octanol–water partition coefficient (Wildman–Crippen LogP) is 6.11. The molecule has 0 saturated heterocycles. The van der Waals surface area contributed by atoms with E-state index in [9.17, 15) is 13.2 Å². The van der Waals surface area contributed by atoms with E-state index in [1.807, 2.05) is 27.6 Å². The number of carbonyl (C=O) groups is 1. The van der Waals surface area contributed by atoms with Gasteiger partial charge in [0.25, 0.3) is 0 Å². The van der Waals surface area contributed by atoms with Crippen molar-refractivity contribution in [1.29, 1.82) is 0 Å². The molecule has 186 valence electrons. The van der Waals surface area contributed by atoms with Gasteiger partial charge in [0.15, 0.2) is 0 Å². The van der Waals surface area contributed by atoms with Gasteiger partial charge in [-0.1, -0.05) is 20.8 Å². The molecule has 1 aliphatic carbocycles. The molecule has 7 heteroatoms. The van der Waals surface area contributed by atoms with Crippen molar-refractivity contribution >= 4 is 12.5 Å². The van der Waals surface area contributed by atoms with Gasteiger partial charge >= 0.3 is 0 Å². The van der Waals surface area contributed by atoms with Crippen LogP contribution in [0.5, 0.6) is 0 Å². The van der Waals surface area contributed by atoms with Crippen molar-refractivity contribution in [3.8, 4) is 24.0 Å². The third kappa shape index (κ3) is 7.53. The zero-order chi connectivity index (χ0) is 26.4. The Morgan fingerprint density at radius 3 is 2.03 bits per heavy atom. The molecule has 1 fully saturated rings. The maximum absolute atomic E-state index is 14.4. The van der Waals surface area contributed by atoms with Crippen LogP contribution in [0, 0.1) is 49.1 Å². The van der Waals surface area contributed by atoms with E-state index in [4.69, 9.17) is 9.79 Å². The van der Waals surface area contributed by atoms with E-state index in [2.05, 4.69) is 30.5 Å². The highest BCUT2D eigenvalue weighted by Crippen LogP contribution is 2.41. The van der Waals surface area contributed by atoms with Crippen molar-refractivity contribution in [1.82, 2.24) is 4.98 Å². The minimum absolute atomic E-state index is 0.0142. The second-order valence-corrected chi connectivity index (χ2v) is 7.70. The zero-order valence-corrected chi connectivity index (χ0v) is 20.7. The fourth-order valence-electron chi connectivity index (χ4n) is 4.17. The van der Waals surface area contributed by atoms with Gasteiger partial charge in [0.1, 0.15) is 24.2 Å². The molecule has 0 spiro atoms. The molecular weight excluding hydrogens is 439 g/mol. The van der Waals surface area contributed by atoms with Crippen LogP contribution in [0.4, 0.5) is 13.2 Å². The minimum atomic E-state index is -0.920. The number of nitrogens with two attached hydrogens (primary N) is 1. The van der Waals surface area contributed by atoms with E-state index in [0.29, 0.717) is 23.7 Å². The molecule has 0 radical (unpaired) electrons. The van der Waals surface area contributed by atoms with Gasteiger partial charge in [0.05, 0.1) is 11.3 Å². The van der Waals surface area contributed by atoms with Gasteiger partial charge in [-0.3, -0.25) is 9.98 Å². The number of halogens is 3. The summed E-state index contributed by atoms with van der Waals surface area (Å²) in [5.74, 6) is -1.41. The molecular formula is C27H36F3N3O. The molecule has 1 saturated carbocycles. The molecule has 4 nitrogen and oxygen atoms in total. The molecule has 2 aromatic rings. The predicted molar refractivity (Wildman–Crippen MR) is 134 cm³/mol. The summed E-state index contributed by atoms with van der Waals surface area (Å²) in [4.78, 5) is 17.2. The standard InChI is InChI=1S/C21H21F3N2.C2H6.C2H2.CH5N.CH2O/c1-11-3-13(4-11)19-6-14(10-25-19)21-16(5-12(2)9-26-21)20-17(23)7-15(22)8-18(20)24;4*1-2/h5,7-9,11,13-14H,3-4,6,10H2,1-2H3;1-2H3;1-2H;2H2,1H3;1H2. The van der Waals surface area contributed by atoms with E-state index in [0.717, 1.165) is 30.0 Å². The van der Waals surface area contributed by atoms with Crippen LogP contribution in [0.1, 0.15) is 57.2 Å². The highest BCUT2D eigenvalue weighted by molar-refractivity contribution is 5.90. The van der Waals surface area contributed by atoms with Crippen LogP contribution in [0.3, 0.4) is 0 Å². The summed E-state index contributed by atoms with van der Waals surface area (Å²) in [6.07, 6.45) is 12.8. The number of pyridine rings is 1. The number of rotatable bonds is 3. The number of benzene rings is 1. The van der Waals surface area contributed by atoms with Crippen molar-refractivity contribution < 1.29 is 18.0 Å². The summed E-state index contributed by atoms with van der Waals surface area (Å²) in [5, 5.41) is 0. The monoisotopic (exact) mass is 475 g/mol. The lowest BCUT2D eigenvalue weighted by Crippen LogP contribution is -2.28. The van der Waals surface area contributed by atoms with Gasteiger partial charge in [-0.05, 0) is 56.7 Å². The molecule has 2 aliphatic rings. The zero-order valence-electron chi connectivity index (χ0n) is 20.7. The summed E-state index contributed by atoms with van der Waals surface area (Å²) in [6, 6.07) is 3.17.